The molecule has 1 saturated carbocycles. The van der Waals surface area contributed by atoms with E-state index in [-0.39, 0.29) is 17.9 Å². The van der Waals surface area contributed by atoms with Gasteiger partial charge in [-0.3, -0.25) is 9.48 Å². The Morgan fingerprint density at radius 1 is 1.27 bits per heavy atom. The van der Waals surface area contributed by atoms with E-state index < -0.39 is 0 Å². The first kappa shape index (κ1) is 16.8. The van der Waals surface area contributed by atoms with Crippen molar-refractivity contribution < 1.29 is 14.3 Å². The van der Waals surface area contributed by atoms with Crippen LogP contribution < -0.4 is 5.32 Å². The summed E-state index contributed by atoms with van der Waals surface area (Å²) < 4.78 is 6.58. The Morgan fingerprint density at radius 2 is 2.04 bits per heavy atom. The van der Waals surface area contributed by atoms with Gasteiger partial charge in [0.25, 0.3) is 5.91 Å². The summed E-state index contributed by atoms with van der Waals surface area (Å²) in [6.45, 7) is 1.16. The average molecular weight is 357 g/mol. The molecule has 26 heavy (non-hydrogen) atoms. The highest BCUT2D eigenvalue weighted by Crippen LogP contribution is 2.41. The van der Waals surface area contributed by atoms with Crippen LogP contribution in [0.4, 0.5) is 4.79 Å². The SMILES string of the molecule is CNC(=O)c1cc(C2CC2)nc2c1c(C1CCN(C(=O)OC)C1)nn2C. The molecule has 0 bridgehead atoms. The predicted molar refractivity (Wildman–Crippen MR) is 95.2 cm³/mol. The first-order valence-electron chi connectivity index (χ1n) is 8.96. The molecule has 2 aromatic rings. The highest BCUT2D eigenvalue weighted by molar-refractivity contribution is 6.06. The van der Waals surface area contributed by atoms with Crippen molar-refractivity contribution >= 4 is 23.0 Å². The second-order valence-electron chi connectivity index (χ2n) is 7.06. The monoisotopic (exact) mass is 357 g/mol. The van der Waals surface area contributed by atoms with Crippen molar-refractivity contribution in [1.82, 2.24) is 25.0 Å². The Labute approximate surface area is 151 Å². The van der Waals surface area contributed by atoms with Crippen LogP contribution in [0, 0.1) is 0 Å². The fraction of sp³-hybridized carbons (Fsp3) is 0.556. The van der Waals surface area contributed by atoms with E-state index in [1.165, 1.54) is 7.11 Å². The minimum atomic E-state index is -0.326. The molecule has 2 amide bonds. The molecular formula is C18H23N5O3. The van der Waals surface area contributed by atoms with E-state index in [1.807, 2.05) is 13.1 Å². The van der Waals surface area contributed by atoms with E-state index in [0.29, 0.717) is 24.6 Å². The normalized spacial score (nSPS) is 19.8. The summed E-state index contributed by atoms with van der Waals surface area (Å²) in [4.78, 5) is 30.8. The van der Waals surface area contributed by atoms with E-state index in [1.54, 1.807) is 16.6 Å². The number of fused-ring (bicyclic) bond motifs is 1. The topological polar surface area (TPSA) is 89.3 Å². The molecule has 1 atom stereocenters. The van der Waals surface area contributed by atoms with Crippen molar-refractivity contribution in [2.45, 2.75) is 31.1 Å². The molecule has 0 radical (unpaired) electrons. The molecule has 4 rings (SSSR count). The summed E-state index contributed by atoms with van der Waals surface area (Å²) in [7, 11) is 4.88. The molecule has 8 heteroatoms. The molecule has 2 aliphatic rings. The number of carbonyl (C=O) groups is 2. The second kappa shape index (κ2) is 6.26. The summed E-state index contributed by atoms with van der Waals surface area (Å²) in [5, 5.41) is 8.22. The van der Waals surface area contributed by atoms with Crippen molar-refractivity contribution in [1.29, 1.82) is 0 Å². The molecule has 3 heterocycles. The number of aromatic nitrogens is 3. The zero-order valence-corrected chi connectivity index (χ0v) is 15.3. The number of amides is 2. The molecule has 0 spiro atoms. The quantitative estimate of drug-likeness (QED) is 0.904. The molecule has 8 nitrogen and oxygen atoms in total. The molecular weight excluding hydrogens is 334 g/mol. The van der Waals surface area contributed by atoms with Gasteiger partial charge in [0.05, 0.1) is 23.8 Å². The second-order valence-corrected chi connectivity index (χ2v) is 7.06. The number of pyridine rings is 1. The number of carbonyl (C=O) groups excluding carboxylic acids is 2. The largest absolute Gasteiger partial charge is 0.453 e. The molecule has 2 fully saturated rings. The van der Waals surface area contributed by atoms with Crippen LogP contribution in [0.2, 0.25) is 0 Å². The number of ether oxygens (including phenoxy) is 1. The van der Waals surface area contributed by atoms with Gasteiger partial charge in [0.15, 0.2) is 5.65 Å². The third-order valence-electron chi connectivity index (χ3n) is 5.32. The zero-order valence-electron chi connectivity index (χ0n) is 15.3. The lowest BCUT2D eigenvalue weighted by Crippen LogP contribution is -2.28. The van der Waals surface area contributed by atoms with E-state index in [9.17, 15) is 9.59 Å². The highest BCUT2D eigenvalue weighted by atomic mass is 16.5. The van der Waals surface area contributed by atoms with Crippen molar-refractivity contribution in [2.24, 2.45) is 7.05 Å². The van der Waals surface area contributed by atoms with Crippen LogP contribution in [0.3, 0.4) is 0 Å². The molecule has 1 N–H and O–H groups in total. The van der Waals surface area contributed by atoms with Gasteiger partial charge >= 0.3 is 6.09 Å². The fourth-order valence-electron chi connectivity index (χ4n) is 3.76. The maximum atomic E-state index is 12.6. The maximum Gasteiger partial charge on any atom is 0.409 e. The van der Waals surface area contributed by atoms with Crippen molar-refractivity contribution in [3.05, 3.63) is 23.0 Å². The summed E-state index contributed by atoms with van der Waals surface area (Å²) >= 11 is 0. The Morgan fingerprint density at radius 3 is 2.69 bits per heavy atom. The molecule has 0 aromatic carbocycles. The smallest absolute Gasteiger partial charge is 0.409 e. The van der Waals surface area contributed by atoms with Gasteiger partial charge in [-0.15, -0.1) is 0 Å². The van der Waals surface area contributed by atoms with E-state index in [2.05, 4.69) is 10.4 Å². The maximum absolute atomic E-state index is 12.6. The standard InChI is InChI=1S/C18H23N5O3/c1-19-17(24)12-8-13(10-4-5-10)20-16-14(12)15(21-22(16)2)11-6-7-23(9-11)18(25)26-3/h8,10-11H,4-7,9H2,1-3H3,(H,19,24). The number of rotatable bonds is 3. The number of hydrogen-bond donors (Lipinski definition) is 1. The van der Waals surface area contributed by atoms with E-state index in [4.69, 9.17) is 9.72 Å². The molecule has 1 unspecified atom stereocenters. The van der Waals surface area contributed by atoms with Crippen LogP contribution in [-0.4, -0.2) is 58.9 Å². The Kier molecular flexibility index (Phi) is 4.05. The van der Waals surface area contributed by atoms with Gasteiger partial charge in [-0.2, -0.15) is 5.10 Å². The Hall–Kier alpha value is -2.64. The fourth-order valence-corrected chi connectivity index (χ4v) is 3.76. The number of aryl methyl sites for hydroxylation is 1. The lowest BCUT2D eigenvalue weighted by atomic mass is 9.98. The predicted octanol–water partition coefficient (Wildman–Crippen LogP) is 1.76. The van der Waals surface area contributed by atoms with E-state index >= 15 is 0 Å². The summed E-state index contributed by atoms with van der Waals surface area (Å²) in [5.41, 5.74) is 3.16. The minimum absolute atomic E-state index is 0.0646. The number of nitrogens with one attached hydrogen (secondary N) is 1. The van der Waals surface area contributed by atoms with Crippen LogP contribution in [-0.2, 0) is 11.8 Å². The lowest BCUT2D eigenvalue weighted by molar-refractivity contribution is 0.0964. The van der Waals surface area contributed by atoms with Crippen LogP contribution in [0.15, 0.2) is 6.07 Å². The Bertz CT molecular complexity index is 887. The average Bonchev–Trinajstić information content (AvgIpc) is 3.30. The zero-order chi connectivity index (χ0) is 18.4. The van der Waals surface area contributed by atoms with Gasteiger partial charge in [0, 0.05) is 44.7 Å². The highest BCUT2D eigenvalue weighted by Gasteiger charge is 2.34. The van der Waals surface area contributed by atoms with Crippen molar-refractivity contribution in [3.63, 3.8) is 0 Å². The van der Waals surface area contributed by atoms with Gasteiger partial charge < -0.3 is 15.0 Å². The van der Waals surface area contributed by atoms with Gasteiger partial charge in [-0.05, 0) is 25.3 Å². The number of nitrogens with zero attached hydrogens (tertiary/aromatic N) is 4. The van der Waals surface area contributed by atoms with Crippen LogP contribution in [0.25, 0.3) is 11.0 Å². The number of hydrogen-bond acceptors (Lipinski definition) is 5. The molecule has 1 aliphatic carbocycles. The van der Waals surface area contributed by atoms with Crippen molar-refractivity contribution in [3.8, 4) is 0 Å². The first-order chi connectivity index (χ1) is 12.5. The lowest BCUT2D eigenvalue weighted by Gasteiger charge is -2.14. The molecule has 1 saturated heterocycles. The third-order valence-corrected chi connectivity index (χ3v) is 5.32. The first-order valence-corrected chi connectivity index (χ1v) is 8.96. The van der Waals surface area contributed by atoms with Crippen LogP contribution in [0.1, 0.15) is 52.8 Å². The minimum Gasteiger partial charge on any atom is -0.453 e. The van der Waals surface area contributed by atoms with Gasteiger partial charge in [0.1, 0.15) is 0 Å². The van der Waals surface area contributed by atoms with E-state index in [0.717, 1.165) is 41.7 Å². The summed E-state index contributed by atoms with van der Waals surface area (Å²) in [6.07, 6.45) is 2.70. The van der Waals surface area contributed by atoms with Crippen LogP contribution in [0.5, 0.6) is 0 Å². The summed E-state index contributed by atoms with van der Waals surface area (Å²) in [5.74, 6) is 0.383. The van der Waals surface area contributed by atoms with Gasteiger partial charge in [-0.25, -0.2) is 9.78 Å². The van der Waals surface area contributed by atoms with Crippen molar-refractivity contribution in [2.75, 3.05) is 27.2 Å². The van der Waals surface area contributed by atoms with Crippen LogP contribution >= 0.6 is 0 Å². The summed E-state index contributed by atoms with van der Waals surface area (Å²) in [6, 6.07) is 1.91. The van der Waals surface area contributed by atoms with Gasteiger partial charge in [-0.1, -0.05) is 0 Å². The third kappa shape index (κ3) is 2.69. The molecule has 1 aliphatic heterocycles. The number of likely N-dealkylation sites (tertiary alicyclic amines) is 1. The number of methoxy groups -OCH3 is 1. The molecule has 2 aromatic heterocycles. The molecule has 138 valence electrons. The Balaban J connectivity index is 1.81. The van der Waals surface area contributed by atoms with Gasteiger partial charge in [0.2, 0.25) is 0 Å².